The SMILES string of the molecule is COc1ccccc1CCNCc1cc(Cl)c(OCc2ccc(Cl)cc2)c(OC)c1.Cl. The lowest BCUT2D eigenvalue weighted by atomic mass is 10.1. The van der Waals surface area contributed by atoms with E-state index >= 15 is 0 Å². The quantitative estimate of drug-likeness (QED) is 0.342. The average molecular weight is 483 g/mol. The lowest BCUT2D eigenvalue weighted by Crippen LogP contribution is -2.17. The van der Waals surface area contributed by atoms with Crippen molar-refractivity contribution in [1.82, 2.24) is 5.32 Å². The molecule has 0 aromatic heterocycles. The molecule has 3 aromatic rings. The number of hydrogen-bond donors (Lipinski definition) is 1. The lowest BCUT2D eigenvalue weighted by Gasteiger charge is -2.15. The Bertz CT molecular complexity index is 965. The van der Waals surface area contributed by atoms with E-state index in [2.05, 4.69) is 11.4 Å². The summed E-state index contributed by atoms with van der Waals surface area (Å²) in [5, 5.41) is 4.65. The molecule has 0 aliphatic rings. The topological polar surface area (TPSA) is 39.7 Å². The molecular weight excluding hydrogens is 457 g/mol. The van der Waals surface area contributed by atoms with Crippen molar-refractivity contribution in [2.45, 2.75) is 19.6 Å². The van der Waals surface area contributed by atoms with Gasteiger partial charge in [0.15, 0.2) is 11.5 Å². The van der Waals surface area contributed by atoms with Gasteiger partial charge < -0.3 is 19.5 Å². The van der Waals surface area contributed by atoms with E-state index in [1.165, 1.54) is 5.56 Å². The molecule has 0 aliphatic heterocycles. The van der Waals surface area contributed by atoms with Crippen molar-refractivity contribution >= 4 is 35.6 Å². The van der Waals surface area contributed by atoms with Gasteiger partial charge in [-0.1, -0.05) is 53.5 Å². The van der Waals surface area contributed by atoms with E-state index in [-0.39, 0.29) is 12.4 Å². The number of halogens is 3. The number of hydrogen-bond acceptors (Lipinski definition) is 4. The minimum absolute atomic E-state index is 0. The Morgan fingerprint density at radius 3 is 2.26 bits per heavy atom. The highest BCUT2D eigenvalue weighted by Gasteiger charge is 2.12. The van der Waals surface area contributed by atoms with Crippen LogP contribution in [0.4, 0.5) is 0 Å². The van der Waals surface area contributed by atoms with E-state index in [9.17, 15) is 0 Å². The molecule has 0 fully saturated rings. The van der Waals surface area contributed by atoms with Gasteiger partial charge in [0.25, 0.3) is 0 Å². The Morgan fingerprint density at radius 1 is 0.839 bits per heavy atom. The van der Waals surface area contributed by atoms with Crippen LogP contribution in [0, 0.1) is 0 Å². The third-order valence-corrected chi connectivity index (χ3v) is 5.21. The smallest absolute Gasteiger partial charge is 0.180 e. The van der Waals surface area contributed by atoms with Crippen molar-refractivity contribution in [3.05, 3.63) is 87.4 Å². The van der Waals surface area contributed by atoms with Gasteiger partial charge in [-0.05, 0) is 60.0 Å². The van der Waals surface area contributed by atoms with Gasteiger partial charge in [0.2, 0.25) is 0 Å². The minimum atomic E-state index is 0. The van der Waals surface area contributed by atoms with Gasteiger partial charge in [-0.2, -0.15) is 0 Å². The number of para-hydroxylation sites is 1. The maximum absolute atomic E-state index is 6.48. The molecule has 3 rings (SSSR count). The molecule has 0 unspecified atom stereocenters. The van der Waals surface area contributed by atoms with Gasteiger partial charge in [0.05, 0.1) is 19.2 Å². The van der Waals surface area contributed by atoms with Crippen LogP contribution < -0.4 is 19.5 Å². The van der Waals surface area contributed by atoms with E-state index in [0.717, 1.165) is 29.8 Å². The highest BCUT2D eigenvalue weighted by Crippen LogP contribution is 2.37. The zero-order valence-electron chi connectivity index (χ0n) is 17.5. The van der Waals surface area contributed by atoms with Crippen LogP contribution in [0.5, 0.6) is 17.2 Å². The first kappa shape index (κ1) is 25.2. The Morgan fingerprint density at radius 2 is 1.55 bits per heavy atom. The van der Waals surface area contributed by atoms with E-state index in [4.69, 9.17) is 37.4 Å². The van der Waals surface area contributed by atoms with Gasteiger partial charge >= 0.3 is 0 Å². The van der Waals surface area contributed by atoms with Crippen LogP contribution in [0.3, 0.4) is 0 Å². The summed E-state index contributed by atoms with van der Waals surface area (Å²) in [5.74, 6) is 2.05. The Kier molecular flexibility index (Phi) is 10.3. The second-order valence-corrected chi connectivity index (χ2v) is 7.61. The van der Waals surface area contributed by atoms with Crippen LogP contribution in [-0.2, 0) is 19.6 Å². The molecular formula is C24H26Cl3NO3. The standard InChI is InChI=1S/C24H25Cl2NO3.ClH/c1-28-22-6-4-3-5-19(22)11-12-27-15-18-13-21(26)24(23(14-18)29-2)30-16-17-7-9-20(25)10-8-17;/h3-10,13-14,27H,11-12,15-16H2,1-2H3;1H. The molecule has 7 heteroatoms. The fraction of sp³-hybridized carbons (Fsp3) is 0.250. The molecule has 0 radical (unpaired) electrons. The number of ether oxygens (including phenoxy) is 3. The second kappa shape index (κ2) is 12.7. The van der Waals surface area contributed by atoms with Crippen molar-refractivity contribution in [1.29, 1.82) is 0 Å². The molecule has 0 spiro atoms. The van der Waals surface area contributed by atoms with Crippen molar-refractivity contribution in [3.63, 3.8) is 0 Å². The number of nitrogens with one attached hydrogen (secondary N) is 1. The maximum Gasteiger partial charge on any atom is 0.180 e. The van der Waals surface area contributed by atoms with Gasteiger partial charge in [-0.25, -0.2) is 0 Å². The third kappa shape index (κ3) is 7.22. The first-order valence-corrected chi connectivity index (χ1v) is 10.4. The largest absolute Gasteiger partial charge is 0.496 e. The van der Waals surface area contributed by atoms with Crippen molar-refractivity contribution in [3.8, 4) is 17.2 Å². The van der Waals surface area contributed by atoms with E-state index in [1.807, 2.05) is 54.6 Å². The first-order chi connectivity index (χ1) is 14.6. The molecule has 0 aliphatic carbocycles. The van der Waals surface area contributed by atoms with Crippen molar-refractivity contribution in [2.75, 3.05) is 20.8 Å². The van der Waals surface area contributed by atoms with Gasteiger partial charge in [-0.15, -0.1) is 12.4 Å². The Balaban J connectivity index is 0.00000341. The van der Waals surface area contributed by atoms with Gasteiger partial charge in [0.1, 0.15) is 12.4 Å². The lowest BCUT2D eigenvalue weighted by molar-refractivity contribution is 0.284. The molecule has 0 saturated carbocycles. The van der Waals surface area contributed by atoms with Crippen LogP contribution in [0.1, 0.15) is 16.7 Å². The van der Waals surface area contributed by atoms with Gasteiger partial charge in [-0.3, -0.25) is 0 Å². The highest BCUT2D eigenvalue weighted by molar-refractivity contribution is 6.32. The Hall–Kier alpha value is -2.11. The molecule has 0 heterocycles. The van der Waals surface area contributed by atoms with Crippen LogP contribution >= 0.6 is 35.6 Å². The van der Waals surface area contributed by atoms with Gasteiger partial charge in [0, 0.05) is 11.6 Å². The molecule has 0 atom stereocenters. The van der Waals surface area contributed by atoms with E-state index < -0.39 is 0 Å². The van der Waals surface area contributed by atoms with Crippen LogP contribution in [-0.4, -0.2) is 20.8 Å². The number of rotatable bonds is 10. The van der Waals surface area contributed by atoms with Crippen molar-refractivity contribution < 1.29 is 14.2 Å². The second-order valence-electron chi connectivity index (χ2n) is 6.76. The summed E-state index contributed by atoms with van der Waals surface area (Å²) in [6.07, 6.45) is 0.872. The zero-order chi connectivity index (χ0) is 21.3. The summed E-state index contributed by atoms with van der Waals surface area (Å²) in [6.45, 7) is 1.86. The summed E-state index contributed by atoms with van der Waals surface area (Å²) in [7, 11) is 3.30. The Labute approximate surface area is 199 Å². The van der Waals surface area contributed by atoms with Crippen LogP contribution in [0.25, 0.3) is 0 Å². The maximum atomic E-state index is 6.48. The number of benzene rings is 3. The molecule has 31 heavy (non-hydrogen) atoms. The molecule has 3 aromatic carbocycles. The first-order valence-electron chi connectivity index (χ1n) is 9.67. The molecule has 1 N–H and O–H groups in total. The fourth-order valence-corrected chi connectivity index (χ4v) is 3.53. The monoisotopic (exact) mass is 481 g/mol. The predicted molar refractivity (Wildman–Crippen MR) is 129 cm³/mol. The van der Waals surface area contributed by atoms with E-state index in [1.54, 1.807) is 14.2 Å². The van der Waals surface area contributed by atoms with Crippen LogP contribution in [0.2, 0.25) is 10.0 Å². The van der Waals surface area contributed by atoms with Crippen molar-refractivity contribution in [2.24, 2.45) is 0 Å². The minimum Gasteiger partial charge on any atom is -0.496 e. The average Bonchev–Trinajstić information content (AvgIpc) is 2.77. The molecule has 4 nitrogen and oxygen atoms in total. The fourth-order valence-electron chi connectivity index (χ4n) is 3.12. The highest BCUT2D eigenvalue weighted by atomic mass is 35.5. The molecule has 0 bridgehead atoms. The molecule has 0 amide bonds. The third-order valence-electron chi connectivity index (χ3n) is 4.68. The summed E-state index contributed by atoms with van der Waals surface area (Å²) in [6, 6.07) is 19.4. The predicted octanol–water partition coefficient (Wildman–Crippen LogP) is 6.34. The zero-order valence-corrected chi connectivity index (χ0v) is 19.8. The normalized spacial score (nSPS) is 10.3. The number of methoxy groups -OCH3 is 2. The summed E-state index contributed by atoms with van der Waals surface area (Å²) in [4.78, 5) is 0. The summed E-state index contributed by atoms with van der Waals surface area (Å²) < 4.78 is 16.8. The van der Waals surface area contributed by atoms with E-state index in [0.29, 0.717) is 34.7 Å². The molecule has 0 saturated heterocycles. The molecule has 166 valence electrons. The summed E-state index contributed by atoms with van der Waals surface area (Å²) >= 11 is 12.4. The van der Waals surface area contributed by atoms with Crippen LogP contribution in [0.15, 0.2) is 60.7 Å². The summed E-state index contributed by atoms with van der Waals surface area (Å²) in [5.41, 5.74) is 3.20.